The maximum absolute atomic E-state index is 13.0. The van der Waals surface area contributed by atoms with Crippen LogP contribution in [0.1, 0.15) is 6.42 Å². The Morgan fingerprint density at radius 2 is 2.19 bits per heavy atom. The molecule has 8 nitrogen and oxygen atoms in total. The zero-order valence-corrected chi connectivity index (χ0v) is 11.3. The molecule has 21 heavy (non-hydrogen) atoms. The lowest BCUT2D eigenvalue weighted by molar-refractivity contribution is -0.388. The first-order valence-corrected chi connectivity index (χ1v) is 6.97. The van der Waals surface area contributed by atoms with Crippen LogP contribution in [-0.4, -0.2) is 30.5 Å². The number of nitrogens with one attached hydrogen (secondary N) is 1. The van der Waals surface area contributed by atoms with Crippen LogP contribution >= 0.6 is 0 Å². The van der Waals surface area contributed by atoms with Gasteiger partial charge in [-0.3, -0.25) is 14.9 Å². The van der Waals surface area contributed by atoms with Gasteiger partial charge in [0.15, 0.2) is 4.90 Å². The predicted octanol–water partition coefficient (Wildman–Crippen LogP) is 1.04. The van der Waals surface area contributed by atoms with Gasteiger partial charge < -0.3 is 5.11 Å². The summed E-state index contributed by atoms with van der Waals surface area (Å²) < 4.78 is 38.8. The van der Waals surface area contributed by atoms with Crippen LogP contribution in [0.5, 0.6) is 0 Å². The van der Waals surface area contributed by atoms with Crippen molar-refractivity contribution in [1.29, 1.82) is 0 Å². The first-order valence-electron chi connectivity index (χ1n) is 5.49. The third-order valence-corrected chi connectivity index (χ3v) is 3.92. The summed E-state index contributed by atoms with van der Waals surface area (Å²) in [4.78, 5) is 19.8. The molecule has 1 atom stereocenters. The van der Waals surface area contributed by atoms with E-state index in [2.05, 4.69) is 6.58 Å². The zero-order valence-electron chi connectivity index (χ0n) is 10.5. The number of hydrogen-bond donors (Lipinski definition) is 2. The Balaban J connectivity index is 3.28. The minimum absolute atomic E-state index is 0.219. The zero-order chi connectivity index (χ0) is 16.2. The minimum atomic E-state index is -4.51. The van der Waals surface area contributed by atoms with E-state index in [1.807, 2.05) is 0 Å². The monoisotopic (exact) mass is 318 g/mol. The van der Waals surface area contributed by atoms with Crippen molar-refractivity contribution in [2.45, 2.75) is 17.4 Å². The first kappa shape index (κ1) is 16.7. The van der Waals surface area contributed by atoms with E-state index in [0.29, 0.717) is 12.1 Å². The van der Waals surface area contributed by atoms with E-state index in [-0.39, 0.29) is 6.42 Å². The molecule has 0 fully saturated rings. The number of aliphatic carboxylic acids is 1. The van der Waals surface area contributed by atoms with Gasteiger partial charge in [-0.25, -0.2) is 12.8 Å². The van der Waals surface area contributed by atoms with E-state index in [1.165, 1.54) is 6.08 Å². The fraction of sp³-hybridized carbons (Fsp3) is 0.182. The number of carbonyl (C=O) groups is 1. The molecule has 0 saturated heterocycles. The molecule has 1 rings (SSSR count). The normalized spacial score (nSPS) is 12.6. The number of halogens is 1. The van der Waals surface area contributed by atoms with Crippen LogP contribution in [-0.2, 0) is 14.8 Å². The highest BCUT2D eigenvalue weighted by molar-refractivity contribution is 7.89. The lowest BCUT2D eigenvalue weighted by Crippen LogP contribution is -2.40. The first-order chi connectivity index (χ1) is 9.69. The van der Waals surface area contributed by atoms with Gasteiger partial charge in [0, 0.05) is 0 Å². The average Bonchev–Trinajstić information content (AvgIpc) is 2.37. The molecule has 0 saturated carbocycles. The van der Waals surface area contributed by atoms with E-state index in [1.54, 1.807) is 4.72 Å². The third kappa shape index (κ3) is 4.07. The lowest BCUT2D eigenvalue weighted by atomic mass is 10.2. The Labute approximate surface area is 119 Å². The van der Waals surface area contributed by atoms with Crippen molar-refractivity contribution in [2.75, 3.05) is 0 Å². The molecular formula is C11H11FN2O6S. The summed E-state index contributed by atoms with van der Waals surface area (Å²) in [5.41, 5.74) is -0.981. The highest BCUT2D eigenvalue weighted by Gasteiger charge is 2.30. The van der Waals surface area contributed by atoms with Crippen molar-refractivity contribution in [1.82, 2.24) is 4.72 Å². The van der Waals surface area contributed by atoms with Gasteiger partial charge in [0.2, 0.25) is 10.0 Å². The van der Waals surface area contributed by atoms with E-state index < -0.39 is 43.4 Å². The van der Waals surface area contributed by atoms with E-state index in [4.69, 9.17) is 5.11 Å². The number of sulfonamides is 1. The standard InChI is InChI=1S/C11H11FN2O6S/c1-2-3-8(11(15)16)13-21(19,20)10-5-4-7(12)6-9(10)14(17)18/h2,4-6,8,13H,1,3H2,(H,15,16). The van der Waals surface area contributed by atoms with E-state index >= 15 is 0 Å². The van der Waals surface area contributed by atoms with Crippen LogP contribution in [0.2, 0.25) is 0 Å². The van der Waals surface area contributed by atoms with E-state index in [0.717, 1.165) is 6.07 Å². The molecule has 0 aliphatic rings. The minimum Gasteiger partial charge on any atom is -0.480 e. The predicted molar refractivity (Wildman–Crippen MR) is 69.6 cm³/mol. The molecule has 0 spiro atoms. The van der Waals surface area contributed by atoms with Crippen molar-refractivity contribution in [3.63, 3.8) is 0 Å². The molecule has 1 unspecified atom stereocenters. The van der Waals surface area contributed by atoms with Crippen LogP contribution in [0.3, 0.4) is 0 Å². The molecule has 2 N–H and O–H groups in total. The molecule has 1 aromatic carbocycles. The maximum atomic E-state index is 13.0. The molecule has 0 bridgehead atoms. The van der Waals surface area contributed by atoms with Crippen molar-refractivity contribution in [3.8, 4) is 0 Å². The van der Waals surface area contributed by atoms with Crippen LogP contribution in [0, 0.1) is 15.9 Å². The Hall–Kier alpha value is -2.33. The van der Waals surface area contributed by atoms with Gasteiger partial charge in [0.25, 0.3) is 5.69 Å². The molecule has 10 heteroatoms. The summed E-state index contributed by atoms with van der Waals surface area (Å²) in [6.07, 6.45) is 0.962. The van der Waals surface area contributed by atoms with Crippen molar-refractivity contribution < 1.29 is 27.6 Å². The Bertz CT molecular complexity index is 688. The summed E-state index contributed by atoms with van der Waals surface area (Å²) in [6, 6.07) is 0.336. The summed E-state index contributed by atoms with van der Waals surface area (Å²) >= 11 is 0. The quantitative estimate of drug-likeness (QED) is 0.439. The summed E-state index contributed by atoms with van der Waals surface area (Å²) in [7, 11) is -4.51. The lowest BCUT2D eigenvalue weighted by Gasteiger charge is -2.13. The Morgan fingerprint density at radius 1 is 1.57 bits per heavy atom. The summed E-state index contributed by atoms with van der Waals surface area (Å²) in [6.45, 7) is 3.29. The fourth-order valence-corrected chi connectivity index (χ4v) is 2.83. The number of nitrogens with zero attached hydrogens (tertiary/aromatic N) is 1. The van der Waals surface area contributed by atoms with E-state index in [9.17, 15) is 27.7 Å². The topological polar surface area (TPSA) is 127 Å². The molecule has 0 aliphatic carbocycles. The molecule has 114 valence electrons. The molecule has 0 radical (unpaired) electrons. The second-order valence-electron chi connectivity index (χ2n) is 3.91. The van der Waals surface area contributed by atoms with Gasteiger partial charge in [0.05, 0.1) is 11.0 Å². The smallest absolute Gasteiger partial charge is 0.322 e. The van der Waals surface area contributed by atoms with Gasteiger partial charge in [-0.05, 0) is 18.6 Å². The molecule has 0 aromatic heterocycles. The van der Waals surface area contributed by atoms with Crippen molar-refractivity contribution in [3.05, 3.63) is 46.8 Å². The number of carboxylic acid groups (broad SMARTS) is 1. The number of carboxylic acids is 1. The van der Waals surface area contributed by atoms with Crippen molar-refractivity contribution in [2.24, 2.45) is 0 Å². The van der Waals surface area contributed by atoms with Gasteiger partial charge in [-0.2, -0.15) is 4.72 Å². The Kier molecular flexibility index (Phi) is 5.11. The second-order valence-corrected chi connectivity index (χ2v) is 5.59. The largest absolute Gasteiger partial charge is 0.480 e. The highest BCUT2D eigenvalue weighted by Crippen LogP contribution is 2.24. The van der Waals surface area contributed by atoms with Crippen LogP contribution < -0.4 is 4.72 Å². The third-order valence-electron chi connectivity index (χ3n) is 2.41. The number of hydrogen-bond acceptors (Lipinski definition) is 5. The molecule has 0 amide bonds. The highest BCUT2D eigenvalue weighted by atomic mass is 32.2. The molecule has 0 heterocycles. The van der Waals surface area contributed by atoms with Crippen LogP contribution in [0.4, 0.5) is 10.1 Å². The van der Waals surface area contributed by atoms with Gasteiger partial charge in [-0.15, -0.1) is 6.58 Å². The van der Waals surface area contributed by atoms with Crippen LogP contribution in [0.25, 0.3) is 0 Å². The number of nitro groups is 1. The molecule has 0 aliphatic heterocycles. The van der Waals surface area contributed by atoms with Crippen molar-refractivity contribution >= 4 is 21.7 Å². The molecule has 1 aromatic rings. The number of benzene rings is 1. The number of rotatable bonds is 7. The van der Waals surface area contributed by atoms with Gasteiger partial charge >= 0.3 is 5.97 Å². The Morgan fingerprint density at radius 3 is 2.67 bits per heavy atom. The fourth-order valence-electron chi connectivity index (χ4n) is 1.48. The SMILES string of the molecule is C=CCC(NS(=O)(=O)c1ccc(F)cc1[N+](=O)[O-])C(=O)O. The summed E-state index contributed by atoms with van der Waals surface area (Å²) in [5, 5.41) is 19.6. The van der Waals surface area contributed by atoms with Gasteiger partial charge in [0.1, 0.15) is 11.9 Å². The average molecular weight is 318 g/mol. The summed E-state index contributed by atoms with van der Waals surface area (Å²) in [5.74, 6) is -2.45. The second kappa shape index (κ2) is 6.41. The molecular weight excluding hydrogens is 307 g/mol. The maximum Gasteiger partial charge on any atom is 0.322 e. The van der Waals surface area contributed by atoms with Crippen LogP contribution in [0.15, 0.2) is 35.7 Å². The van der Waals surface area contributed by atoms with Gasteiger partial charge in [-0.1, -0.05) is 6.08 Å². The number of nitro benzene ring substituents is 1.